The van der Waals surface area contributed by atoms with Gasteiger partial charge in [0.2, 0.25) is 0 Å². The van der Waals surface area contributed by atoms with Crippen molar-refractivity contribution >= 4 is 0 Å². The van der Waals surface area contributed by atoms with E-state index in [1.54, 1.807) is 0 Å². The monoisotopic (exact) mass is 222 g/mol. The first-order valence-corrected chi connectivity index (χ1v) is 5.27. The summed E-state index contributed by atoms with van der Waals surface area (Å²) < 4.78 is 18.7. The molecule has 1 aromatic rings. The third-order valence-electron chi connectivity index (χ3n) is 2.58. The molecule has 4 heteroatoms. The first kappa shape index (κ1) is 11.1. The van der Waals surface area contributed by atoms with Gasteiger partial charge in [0.15, 0.2) is 0 Å². The summed E-state index contributed by atoms with van der Waals surface area (Å²) in [5.74, 6) is 6.01. The second kappa shape index (κ2) is 4.63. The standard InChI is InChI=1S/C12H15FN2O/c1-8-5-9(7-10(13)6-8)12(15-14)11-3-2-4-16-11/h3,5-7,12,15H,2,4,14H2,1H3. The molecule has 1 heterocycles. The van der Waals surface area contributed by atoms with E-state index in [2.05, 4.69) is 5.43 Å². The Labute approximate surface area is 94.1 Å². The number of halogens is 1. The van der Waals surface area contributed by atoms with Crippen LogP contribution in [0.25, 0.3) is 0 Å². The molecule has 1 atom stereocenters. The van der Waals surface area contributed by atoms with Crippen LogP contribution in [-0.2, 0) is 4.74 Å². The zero-order chi connectivity index (χ0) is 11.5. The molecule has 0 radical (unpaired) electrons. The maximum atomic E-state index is 13.3. The number of hydrogen-bond acceptors (Lipinski definition) is 3. The highest BCUT2D eigenvalue weighted by atomic mass is 19.1. The van der Waals surface area contributed by atoms with Gasteiger partial charge in [-0.1, -0.05) is 6.07 Å². The summed E-state index contributed by atoms with van der Waals surface area (Å²) in [7, 11) is 0. The van der Waals surface area contributed by atoms with Gasteiger partial charge in [0, 0.05) is 6.42 Å². The van der Waals surface area contributed by atoms with Crippen LogP contribution >= 0.6 is 0 Å². The number of nitrogens with two attached hydrogens (primary N) is 1. The molecule has 16 heavy (non-hydrogen) atoms. The minimum Gasteiger partial charge on any atom is -0.496 e. The lowest BCUT2D eigenvalue weighted by atomic mass is 10.0. The van der Waals surface area contributed by atoms with Crippen LogP contribution in [0.3, 0.4) is 0 Å². The molecule has 1 unspecified atom stereocenters. The molecule has 0 aliphatic carbocycles. The number of aryl methyl sites for hydroxylation is 1. The van der Waals surface area contributed by atoms with Crippen molar-refractivity contribution in [2.45, 2.75) is 19.4 Å². The lowest BCUT2D eigenvalue weighted by Gasteiger charge is -2.18. The van der Waals surface area contributed by atoms with Crippen molar-refractivity contribution in [3.63, 3.8) is 0 Å². The summed E-state index contributed by atoms with van der Waals surface area (Å²) in [4.78, 5) is 0. The highest BCUT2D eigenvalue weighted by molar-refractivity contribution is 5.31. The fourth-order valence-corrected chi connectivity index (χ4v) is 1.91. The molecule has 2 rings (SSSR count). The van der Waals surface area contributed by atoms with Crippen molar-refractivity contribution in [1.29, 1.82) is 0 Å². The fourth-order valence-electron chi connectivity index (χ4n) is 1.91. The molecule has 0 spiro atoms. The molecule has 1 aliphatic rings. The molecule has 1 aromatic carbocycles. The number of ether oxygens (including phenoxy) is 1. The van der Waals surface area contributed by atoms with Crippen LogP contribution in [0.1, 0.15) is 23.6 Å². The molecule has 0 fully saturated rings. The summed E-state index contributed by atoms with van der Waals surface area (Å²) in [5, 5.41) is 0. The first-order valence-electron chi connectivity index (χ1n) is 5.27. The minimum atomic E-state index is -0.267. The van der Waals surface area contributed by atoms with Gasteiger partial charge in [0.1, 0.15) is 17.6 Å². The Hall–Kier alpha value is -1.39. The van der Waals surface area contributed by atoms with Crippen molar-refractivity contribution in [2.75, 3.05) is 6.61 Å². The van der Waals surface area contributed by atoms with Gasteiger partial charge in [0.05, 0.1) is 6.61 Å². The van der Waals surface area contributed by atoms with E-state index in [0.717, 1.165) is 23.3 Å². The maximum absolute atomic E-state index is 13.3. The number of hydrazine groups is 1. The average Bonchev–Trinajstić information content (AvgIpc) is 2.70. The Balaban J connectivity index is 2.32. The van der Waals surface area contributed by atoms with Crippen LogP contribution in [0, 0.1) is 12.7 Å². The van der Waals surface area contributed by atoms with Crippen LogP contribution in [-0.4, -0.2) is 6.61 Å². The maximum Gasteiger partial charge on any atom is 0.123 e. The van der Waals surface area contributed by atoms with Gasteiger partial charge >= 0.3 is 0 Å². The van der Waals surface area contributed by atoms with Gasteiger partial charge in [-0.25, -0.2) is 9.82 Å². The SMILES string of the molecule is Cc1cc(F)cc(C(NN)C2=CCCO2)c1. The van der Waals surface area contributed by atoms with E-state index in [1.807, 2.05) is 19.1 Å². The Morgan fingerprint density at radius 1 is 1.44 bits per heavy atom. The van der Waals surface area contributed by atoms with Gasteiger partial charge in [-0.2, -0.15) is 0 Å². The van der Waals surface area contributed by atoms with Gasteiger partial charge < -0.3 is 4.74 Å². The third-order valence-corrected chi connectivity index (χ3v) is 2.58. The number of nitrogens with one attached hydrogen (secondary N) is 1. The Kier molecular flexibility index (Phi) is 3.22. The summed E-state index contributed by atoms with van der Waals surface area (Å²) >= 11 is 0. The Morgan fingerprint density at radius 3 is 2.81 bits per heavy atom. The number of benzene rings is 1. The van der Waals surface area contributed by atoms with Gasteiger partial charge in [-0.05, 0) is 36.3 Å². The lowest BCUT2D eigenvalue weighted by Crippen LogP contribution is -2.29. The zero-order valence-corrected chi connectivity index (χ0v) is 9.16. The molecular formula is C12H15FN2O. The molecule has 86 valence electrons. The van der Waals surface area contributed by atoms with Crippen molar-refractivity contribution in [1.82, 2.24) is 5.43 Å². The average molecular weight is 222 g/mol. The lowest BCUT2D eigenvalue weighted by molar-refractivity contribution is 0.215. The van der Waals surface area contributed by atoms with E-state index in [4.69, 9.17) is 10.6 Å². The smallest absolute Gasteiger partial charge is 0.123 e. The highest BCUT2D eigenvalue weighted by Crippen LogP contribution is 2.26. The van der Waals surface area contributed by atoms with E-state index in [1.165, 1.54) is 12.1 Å². The second-order valence-electron chi connectivity index (χ2n) is 3.91. The van der Waals surface area contributed by atoms with Gasteiger partial charge in [-0.15, -0.1) is 0 Å². The van der Waals surface area contributed by atoms with E-state index < -0.39 is 0 Å². The molecule has 0 amide bonds. The fraction of sp³-hybridized carbons (Fsp3) is 0.333. The van der Waals surface area contributed by atoms with Crippen LogP contribution in [0.2, 0.25) is 0 Å². The number of hydrogen-bond donors (Lipinski definition) is 2. The topological polar surface area (TPSA) is 47.3 Å². The van der Waals surface area contributed by atoms with Crippen molar-refractivity contribution in [3.8, 4) is 0 Å². The predicted octanol–water partition coefficient (Wildman–Crippen LogP) is 1.94. The van der Waals surface area contributed by atoms with Crippen LogP contribution in [0.4, 0.5) is 4.39 Å². The van der Waals surface area contributed by atoms with Gasteiger partial charge in [0.25, 0.3) is 0 Å². The molecule has 3 N–H and O–H groups in total. The van der Waals surface area contributed by atoms with E-state index in [0.29, 0.717) is 6.61 Å². The molecule has 3 nitrogen and oxygen atoms in total. The minimum absolute atomic E-state index is 0.256. The summed E-state index contributed by atoms with van der Waals surface area (Å²) in [5.41, 5.74) is 4.31. The predicted molar refractivity (Wildman–Crippen MR) is 59.9 cm³/mol. The summed E-state index contributed by atoms with van der Waals surface area (Å²) in [6.45, 7) is 2.52. The zero-order valence-electron chi connectivity index (χ0n) is 9.16. The van der Waals surface area contributed by atoms with Crippen molar-refractivity contribution < 1.29 is 9.13 Å². The van der Waals surface area contributed by atoms with Crippen LogP contribution in [0.15, 0.2) is 30.0 Å². The van der Waals surface area contributed by atoms with E-state index in [9.17, 15) is 4.39 Å². The van der Waals surface area contributed by atoms with Crippen molar-refractivity contribution in [3.05, 3.63) is 47.0 Å². The number of rotatable bonds is 3. The van der Waals surface area contributed by atoms with Crippen LogP contribution in [0.5, 0.6) is 0 Å². The Bertz CT molecular complexity index is 397. The summed E-state index contributed by atoms with van der Waals surface area (Å²) in [6, 6.07) is 4.59. The second-order valence-corrected chi connectivity index (χ2v) is 3.91. The Morgan fingerprint density at radius 2 is 2.25 bits per heavy atom. The molecule has 0 saturated carbocycles. The molecular weight excluding hydrogens is 207 g/mol. The van der Waals surface area contributed by atoms with Crippen LogP contribution < -0.4 is 11.3 Å². The van der Waals surface area contributed by atoms with E-state index in [-0.39, 0.29) is 11.9 Å². The molecule has 0 bridgehead atoms. The first-order chi connectivity index (χ1) is 7.70. The third kappa shape index (κ3) is 2.23. The van der Waals surface area contributed by atoms with Crippen molar-refractivity contribution in [2.24, 2.45) is 5.84 Å². The largest absolute Gasteiger partial charge is 0.496 e. The molecule has 0 saturated heterocycles. The van der Waals surface area contributed by atoms with Gasteiger partial charge in [-0.3, -0.25) is 5.84 Å². The molecule has 1 aliphatic heterocycles. The normalized spacial score (nSPS) is 16.8. The quantitative estimate of drug-likeness (QED) is 0.607. The summed E-state index contributed by atoms with van der Waals surface area (Å²) in [6.07, 6.45) is 2.85. The highest BCUT2D eigenvalue weighted by Gasteiger charge is 2.20. The molecule has 0 aromatic heterocycles. The van der Waals surface area contributed by atoms with E-state index >= 15 is 0 Å².